The summed E-state index contributed by atoms with van der Waals surface area (Å²) in [7, 11) is 3.02. The first-order chi connectivity index (χ1) is 12.5. The molecule has 8 nitrogen and oxygen atoms in total. The molecule has 0 unspecified atom stereocenters. The van der Waals surface area contributed by atoms with Crippen molar-refractivity contribution >= 4 is 12.0 Å². The van der Waals surface area contributed by atoms with Crippen molar-refractivity contribution in [1.29, 1.82) is 0 Å². The highest BCUT2D eigenvalue weighted by Gasteiger charge is 2.06. The molecule has 0 saturated carbocycles. The number of rotatable bonds is 5. The third-order valence-electron chi connectivity index (χ3n) is 3.91. The van der Waals surface area contributed by atoms with E-state index >= 15 is 0 Å². The Morgan fingerprint density at radius 1 is 1.27 bits per heavy atom. The summed E-state index contributed by atoms with van der Waals surface area (Å²) >= 11 is 0. The second-order valence-corrected chi connectivity index (χ2v) is 5.73. The first-order valence-electron chi connectivity index (χ1n) is 7.95. The summed E-state index contributed by atoms with van der Waals surface area (Å²) in [6, 6.07) is 12.7. The predicted octanol–water partition coefficient (Wildman–Crippen LogP) is 1.26. The summed E-state index contributed by atoms with van der Waals surface area (Å²) in [5.41, 5.74) is 6.69. The largest absolute Gasteiger partial charge is 0.455 e. The lowest BCUT2D eigenvalue weighted by molar-refractivity contribution is 0.574. The maximum Gasteiger partial charge on any atom is 0.329 e. The Bertz CT molecular complexity index is 1030. The first-order valence-corrected chi connectivity index (χ1v) is 7.95. The molecule has 3 rings (SSSR count). The lowest BCUT2D eigenvalue weighted by Gasteiger charge is -2.11. The Labute approximate surface area is 149 Å². The smallest absolute Gasteiger partial charge is 0.329 e. The fraction of sp³-hybridized carbons (Fsp3) is 0.167. The molecule has 0 amide bonds. The van der Waals surface area contributed by atoms with Crippen molar-refractivity contribution in [2.45, 2.75) is 6.54 Å². The zero-order chi connectivity index (χ0) is 18.7. The lowest BCUT2D eigenvalue weighted by Crippen LogP contribution is -2.33. The van der Waals surface area contributed by atoms with Gasteiger partial charge in [-0.3, -0.25) is 19.4 Å². The summed E-state index contributed by atoms with van der Waals surface area (Å²) in [5.74, 6) is 1.53. The van der Waals surface area contributed by atoms with Crippen LogP contribution in [0, 0.1) is 0 Å². The Morgan fingerprint density at radius 2 is 2.08 bits per heavy atom. The molecule has 3 aromatic rings. The second kappa shape index (κ2) is 7.24. The normalized spacial score (nSPS) is 11.2. The molecule has 134 valence electrons. The molecule has 0 aliphatic carbocycles. The van der Waals surface area contributed by atoms with Crippen molar-refractivity contribution in [3.05, 3.63) is 74.6 Å². The van der Waals surface area contributed by atoms with Crippen LogP contribution in [0.3, 0.4) is 0 Å². The highest BCUT2D eigenvalue weighted by Crippen LogP contribution is 2.22. The number of nitrogens with two attached hydrogens (primary N) is 1. The predicted molar refractivity (Wildman–Crippen MR) is 100 cm³/mol. The molecule has 2 aromatic heterocycles. The van der Waals surface area contributed by atoms with Crippen molar-refractivity contribution in [2.24, 2.45) is 17.9 Å². The van der Waals surface area contributed by atoms with E-state index in [1.165, 1.54) is 24.3 Å². The number of benzene rings is 1. The molecular weight excluding hydrogens is 334 g/mol. The van der Waals surface area contributed by atoms with E-state index in [0.29, 0.717) is 18.1 Å². The van der Waals surface area contributed by atoms with E-state index in [9.17, 15) is 9.59 Å². The van der Waals surface area contributed by atoms with Gasteiger partial charge in [0.1, 0.15) is 17.3 Å². The highest BCUT2D eigenvalue weighted by atomic mass is 16.3. The molecule has 0 saturated heterocycles. The minimum atomic E-state index is -0.505. The van der Waals surface area contributed by atoms with Crippen molar-refractivity contribution in [1.82, 2.24) is 9.55 Å². The molecule has 0 aliphatic heterocycles. The molecule has 0 radical (unpaired) electrons. The first kappa shape index (κ1) is 17.4. The van der Waals surface area contributed by atoms with Crippen LogP contribution >= 0.6 is 0 Å². The third kappa shape index (κ3) is 3.65. The van der Waals surface area contributed by atoms with Crippen LogP contribution in [0.25, 0.3) is 11.3 Å². The van der Waals surface area contributed by atoms with Gasteiger partial charge >= 0.3 is 5.69 Å². The number of nitrogens with one attached hydrogen (secondary N) is 1. The van der Waals surface area contributed by atoms with Crippen LogP contribution in [0.5, 0.6) is 0 Å². The number of hydrogen-bond acceptors (Lipinski definition) is 6. The molecule has 2 heterocycles. The van der Waals surface area contributed by atoms with Crippen LogP contribution in [0.2, 0.25) is 0 Å². The molecule has 0 spiro atoms. The number of H-pyrrole nitrogens is 1. The zero-order valence-corrected chi connectivity index (χ0v) is 14.5. The van der Waals surface area contributed by atoms with Gasteiger partial charge in [-0.2, -0.15) is 5.10 Å². The summed E-state index contributed by atoms with van der Waals surface area (Å²) in [6.07, 6.45) is 1.51. The topological polar surface area (TPSA) is 110 Å². The number of nitrogens with zero attached hydrogens (tertiary/aromatic N) is 3. The van der Waals surface area contributed by atoms with E-state index in [1.807, 2.05) is 30.3 Å². The van der Waals surface area contributed by atoms with Crippen LogP contribution in [0.4, 0.5) is 5.82 Å². The minimum absolute atomic E-state index is 0.289. The number of anilines is 1. The average molecular weight is 353 g/mol. The maximum atomic E-state index is 11.7. The van der Waals surface area contributed by atoms with Gasteiger partial charge in [0.05, 0.1) is 6.21 Å². The van der Waals surface area contributed by atoms with E-state index < -0.39 is 11.2 Å². The number of aromatic amines is 1. The standard InChI is InChI=1S/C18H19N5O3/c1-22-17(24)9-16(21-18(22)25)23(2)20-11-14-6-7-15(26-14)13-5-3-4-12(8-13)10-19/h3-9,11H,10,19H2,1-2H3,(H,21,25). The Hall–Kier alpha value is -3.39. The number of furan rings is 1. The lowest BCUT2D eigenvalue weighted by atomic mass is 10.1. The van der Waals surface area contributed by atoms with E-state index in [0.717, 1.165) is 15.7 Å². The monoisotopic (exact) mass is 353 g/mol. The van der Waals surface area contributed by atoms with Gasteiger partial charge in [-0.05, 0) is 23.8 Å². The van der Waals surface area contributed by atoms with Crippen LogP contribution in [-0.2, 0) is 13.6 Å². The molecular formula is C18H19N5O3. The number of aromatic nitrogens is 2. The summed E-state index contributed by atoms with van der Waals surface area (Å²) in [4.78, 5) is 25.9. The highest BCUT2D eigenvalue weighted by molar-refractivity contribution is 5.78. The minimum Gasteiger partial charge on any atom is -0.455 e. The van der Waals surface area contributed by atoms with Gasteiger partial charge in [-0.15, -0.1) is 0 Å². The Balaban J connectivity index is 1.80. The van der Waals surface area contributed by atoms with Crippen molar-refractivity contribution in [3.63, 3.8) is 0 Å². The van der Waals surface area contributed by atoms with E-state index in [4.69, 9.17) is 10.2 Å². The average Bonchev–Trinajstić information content (AvgIpc) is 3.13. The quantitative estimate of drug-likeness (QED) is 0.530. The fourth-order valence-electron chi connectivity index (χ4n) is 2.35. The van der Waals surface area contributed by atoms with Crippen LogP contribution in [0.1, 0.15) is 11.3 Å². The van der Waals surface area contributed by atoms with Gasteiger partial charge in [-0.25, -0.2) is 4.79 Å². The Kier molecular flexibility index (Phi) is 4.85. The molecule has 1 aromatic carbocycles. The molecule has 8 heteroatoms. The van der Waals surface area contributed by atoms with Gasteiger partial charge in [0.25, 0.3) is 5.56 Å². The summed E-state index contributed by atoms with van der Waals surface area (Å²) in [6.45, 7) is 0.461. The fourth-order valence-corrected chi connectivity index (χ4v) is 2.35. The third-order valence-corrected chi connectivity index (χ3v) is 3.91. The molecule has 0 fully saturated rings. The second-order valence-electron chi connectivity index (χ2n) is 5.73. The van der Waals surface area contributed by atoms with Gasteiger partial charge in [0.15, 0.2) is 0 Å². The molecule has 3 N–H and O–H groups in total. The number of hydrazone groups is 1. The maximum absolute atomic E-state index is 11.7. The molecule has 0 aliphatic rings. The van der Waals surface area contributed by atoms with Crippen molar-refractivity contribution in [3.8, 4) is 11.3 Å². The van der Waals surface area contributed by atoms with Crippen molar-refractivity contribution in [2.75, 3.05) is 12.1 Å². The van der Waals surface area contributed by atoms with Crippen LogP contribution < -0.4 is 22.0 Å². The van der Waals surface area contributed by atoms with E-state index in [-0.39, 0.29) is 5.82 Å². The van der Waals surface area contributed by atoms with E-state index in [1.54, 1.807) is 13.1 Å². The molecule has 26 heavy (non-hydrogen) atoms. The number of hydrogen-bond donors (Lipinski definition) is 2. The van der Waals surface area contributed by atoms with E-state index in [2.05, 4.69) is 10.1 Å². The molecule has 0 bridgehead atoms. The SMILES string of the molecule is CN(N=Cc1ccc(-c2cccc(CN)c2)o1)c1cc(=O)n(C)c(=O)[nH]1. The van der Waals surface area contributed by atoms with Gasteiger partial charge in [0, 0.05) is 32.3 Å². The van der Waals surface area contributed by atoms with Gasteiger partial charge in [-0.1, -0.05) is 18.2 Å². The Morgan fingerprint density at radius 3 is 2.81 bits per heavy atom. The molecule has 0 atom stereocenters. The van der Waals surface area contributed by atoms with Crippen LogP contribution in [0.15, 0.2) is 61.6 Å². The van der Waals surface area contributed by atoms with Crippen molar-refractivity contribution < 1.29 is 4.42 Å². The summed E-state index contributed by atoms with van der Waals surface area (Å²) < 4.78 is 6.75. The van der Waals surface area contributed by atoms with Gasteiger partial charge in [0.2, 0.25) is 0 Å². The zero-order valence-electron chi connectivity index (χ0n) is 14.5. The summed E-state index contributed by atoms with van der Waals surface area (Å²) in [5, 5.41) is 5.58. The van der Waals surface area contributed by atoms with Crippen LogP contribution in [-0.4, -0.2) is 22.8 Å². The van der Waals surface area contributed by atoms with Gasteiger partial charge < -0.3 is 10.2 Å².